The molecule has 36 heteroatoms. The van der Waals surface area contributed by atoms with Gasteiger partial charge in [0.05, 0.1) is 69.4 Å². The van der Waals surface area contributed by atoms with E-state index in [0.29, 0.717) is 44.9 Å². The molecule has 40 atom stereocenters. The van der Waals surface area contributed by atoms with Gasteiger partial charge in [0.2, 0.25) is 12.2 Å². The van der Waals surface area contributed by atoms with Gasteiger partial charge in [0, 0.05) is 6.42 Å². The molecule has 19 N–H and O–H groups in total. The second kappa shape index (κ2) is 37.1. The molecule has 11 fully saturated rings. The van der Waals surface area contributed by atoms with E-state index in [2.05, 4.69) is 52.9 Å². The predicted molar refractivity (Wildman–Crippen MR) is 394 cm³/mol. The summed E-state index contributed by atoms with van der Waals surface area (Å²) in [6.45, 7) is 12.9. The van der Waals surface area contributed by atoms with Crippen LogP contribution >= 0.6 is 0 Å². The molecule has 12 aliphatic rings. The van der Waals surface area contributed by atoms with Crippen LogP contribution in [0.2, 0.25) is 0 Å². The van der Waals surface area contributed by atoms with E-state index in [9.17, 15) is 102 Å². The van der Waals surface area contributed by atoms with E-state index in [1.165, 1.54) is 13.3 Å². The predicted octanol–water partition coefficient (Wildman–Crippen LogP) is -2.62. The minimum atomic E-state index is -2.11. The highest BCUT2D eigenvalue weighted by molar-refractivity contribution is 5.80. The lowest BCUT2D eigenvalue weighted by atomic mass is 9.33. The average Bonchev–Trinajstić information content (AvgIpc) is 0.766. The topological polar surface area (TPSA) is 557 Å². The Hall–Kier alpha value is -2.89. The molecule has 36 nitrogen and oxygen atoms in total. The van der Waals surface area contributed by atoms with Gasteiger partial charge in [-0.2, -0.15) is 0 Å². The molecule has 4 saturated carbocycles. The summed E-state index contributed by atoms with van der Waals surface area (Å²) in [5.41, 5.74) is -6.74. The molecule has 116 heavy (non-hydrogen) atoms. The third-order valence-electron chi connectivity index (χ3n) is 29.0. The van der Waals surface area contributed by atoms with Crippen molar-refractivity contribution in [3.63, 3.8) is 0 Å². The average molecular weight is 1670 g/mol. The number of aliphatic hydroxyl groups is 18. The number of nitrogens with one attached hydrogen (secondary N) is 1. The second-order valence-corrected chi connectivity index (χ2v) is 36.8. The molecule has 16 unspecified atom stereocenters. The fourth-order valence-corrected chi connectivity index (χ4v) is 21.7. The van der Waals surface area contributed by atoms with E-state index < -0.39 is 292 Å². The molecule has 1 radical (unpaired) electrons. The van der Waals surface area contributed by atoms with E-state index in [1.54, 1.807) is 6.92 Å². The molecular weight excluding hydrogens is 1530 g/mol. The summed E-state index contributed by atoms with van der Waals surface area (Å²) < 4.78 is 85.1. The van der Waals surface area contributed by atoms with E-state index in [-0.39, 0.29) is 31.6 Å². The number of amides is 1. The van der Waals surface area contributed by atoms with Crippen molar-refractivity contribution in [2.45, 2.75) is 373 Å². The van der Waals surface area contributed by atoms with Crippen molar-refractivity contribution in [3.05, 3.63) is 18.3 Å². The Morgan fingerprint density at radius 2 is 1.16 bits per heavy atom. The zero-order valence-corrected chi connectivity index (χ0v) is 67.5. The molecule has 7 saturated heterocycles. The van der Waals surface area contributed by atoms with Crippen LogP contribution in [0.4, 0.5) is 0 Å². The van der Waals surface area contributed by atoms with Crippen LogP contribution in [-0.4, -0.2) is 346 Å². The zero-order valence-electron chi connectivity index (χ0n) is 67.5. The Morgan fingerprint density at radius 1 is 0.560 bits per heavy atom. The van der Waals surface area contributed by atoms with Gasteiger partial charge < -0.3 is 168 Å². The van der Waals surface area contributed by atoms with Crippen molar-refractivity contribution in [2.75, 3.05) is 39.6 Å². The summed E-state index contributed by atoms with van der Waals surface area (Å²) in [5, 5.41) is 204. The van der Waals surface area contributed by atoms with Crippen LogP contribution in [0, 0.1) is 56.9 Å². The van der Waals surface area contributed by atoms with E-state index in [4.69, 9.17) is 66.3 Å². The first-order valence-corrected chi connectivity index (χ1v) is 41.8. The maximum absolute atomic E-state index is 16.2. The fraction of sp³-hybridized carbons (Fsp3) is 0.925. The normalized spacial score (nSPS) is 50.2. The smallest absolute Gasteiger partial charge is 0.317 e. The second-order valence-electron chi connectivity index (χ2n) is 36.8. The lowest BCUT2D eigenvalue weighted by molar-refractivity contribution is -0.377. The Kier molecular flexibility index (Phi) is 29.5. The van der Waals surface area contributed by atoms with Gasteiger partial charge in [0.1, 0.15) is 140 Å². The minimum absolute atomic E-state index is 0.0389. The van der Waals surface area contributed by atoms with Crippen LogP contribution in [0.3, 0.4) is 0 Å². The highest BCUT2D eigenvalue weighted by Crippen LogP contribution is 2.76. The summed E-state index contributed by atoms with van der Waals surface area (Å²) in [4.78, 5) is 44.4. The van der Waals surface area contributed by atoms with Gasteiger partial charge in [-0.3, -0.25) is 9.59 Å². The van der Waals surface area contributed by atoms with Gasteiger partial charge in [0.25, 0.3) is 0 Å². The summed E-state index contributed by atoms with van der Waals surface area (Å²) in [6, 6.07) is -1.44. The van der Waals surface area contributed by atoms with Crippen LogP contribution in [0.25, 0.3) is 0 Å². The number of hydrogen-bond donors (Lipinski definition) is 19. The molecule has 1 amide bonds. The molecule has 0 bridgehead atoms. The molecule has 0 aromatic heterocycles. The van der Waals surface area contributed by atoms with Crippen molar-refractivity contribution < 1.29 is 173 Å². The molecule has 665 valence electrons. The van der Waals surface area contributed by atoms with Crippen LogP contribution in [0.5, 0.6) is 0 Å². The van der Waals surface area contributed by atoms with E-state index in [0.717, 1.165) is 63.4 Å². The number of unbranched alkanes of at least 4 members (excludes halogenated alkanes) is 8. The SMILES string of the molecule is CCCCCCCCCCCC(=O)N[C@@H]1C(CO)O[C@H](OC(=O)[C@]23CCC(C)(C)CC2C2=CCC4C5(C)CC[C@H](O[C@@H]6O[CH][C@H](O)[C@H](O[C@@H]7OC[C@H](O)[C@H](O)C7O)C6O[C@@H]6OC(CO)[C@H](O)[C@H](O)C6O)[C@](C)(C=O)[C@@H]5CCC4(C)C2(C)CC3O)[C@H](O[C@H]2OC(C)[C@@H](O[C@H]3OC[C@@H](O)C(O[C@H]4OC[C@@](O)(CO)C4O)[C@H]3O)C(O)[C@@H]2O)C1O. The maximum Gasteiger partial charge on any atom is 0.317 e. The largest absolute Gasteiger partial charge is 0.432 e. The van der Waals surface area contributed by atoms with Gasteiger partial charge in [-0.1, -0.05) is 111 Å². The van der Waals surface area contributed by atoms with Crippen LogP contribution in [-0.2, 0) is 80.7 Å². The number of hydrogen-bond acceptors (Lipinski definition) is 35. The summed E-state index contributed by atoms with van der Waals surface area (Å²) >= 11 is 0. The summed E-state index contributed by atoms with van der Waals surface area (Å²) in [6.07, 6.45) is -36.2. The quantitative estimate of drug-likeness (QED) is 0.0120. The summed E-state index contributed by atoms with van der Waals surface area (Å²) in [7, 11) is 0. The molecule has 12 rings (SSSR count). The molecule has 7 heterocycles. The fourth-order valence-electron chi connectivity index (χ4n) is 21.7. The number of ether oxygens (including phenoxy) is 14. The molecule has 7 aliphatic heterocycles. The van der Waals surface area contributed by atoms with E-state index in [1.807, 2.05) is 0 Å². The molecule has 0 aromatic carbocycles. The van der Waals surface area contributed by atoms with Crippen molar-refractivity contribution >= 4 is 18.2 Å². The first-order chi connectivity index (χ1) is 54.8. The Morgan fingerprint density at radius 3 is 1.83 bits per heavy atom. The number of carbonyl (C=O) groups excluding carboxylic acids is 3. The highest BCUT2D eigenvalue weighted by atomic mass is 16.8. The number of fused-ring (bicyclic) bond motifs is 7. The highest BCUT2D eigenvalue weighted by Gasteiger charge is 2.73. The van der Waals surface area contributed by atoms with Gasteiger partial charge in [-0.25, -0.2) is 0 Å². The third kappa shape index (κ3) is 17.4. The zero-order chi connectivity index (χ0) is 84.3. The number of esters is 1. The maximum atomic E-state index is 16.2. The minimum Gasteiger partial charge on any atom is -0.432 e. The third-order valence-corrected chi connectivity index (χ3v) is 29.0. The summed E-state index contributed by atoms with van der Waals surface area (Å²) in [5.74, 6) is -2.71. The molecule has 0 aromatic rings. The number of aliphatic hydroxyl groups excluding tert-OH is 17. The first-order valence-electron chi connectivity index (χ1n) is 41.8. The lowest BCUT2D eigenvalue weighted by Gasteiger charge is -2.71. The van der Waals surface area contributed by atoms with Crippen LogP contribution in [0.15, 0.2) is 11.6 Å². The van der Waals surface area contributed by atoms with Crippen molar-refractivity contribution in [3.8, 4) is 0 Å². The van der Waals surface area contributed by atoms with Gasteiger partial charge in [-0.05, 0) is 111 Å². The number of carbonyl (C=O) groups is 3. The first kappa shape index (κ1) is 92.3. The molecular formula is C80H130NO35. The lowest BCUT2D eigenvalue weighted by Crippen LogP contribution is -2.70. The standard InChI is InChI=1S/C80H130NO35/c1-9-10-11-12-13-14-15-16-17-18-49(90)81-50-43(29-82)108-71(63(53(50)93)114-68-58(98)55(95)60(37(2)107-68)111-67-59(99)61(41(87)32-104-67)112-72-65(100)79(102,35-85)36-106-72)116-73(101)80-26-25-74(3,4)27-39(80)38-19-20-46-75(5)23-22-48(76(6,34-84)45(75)21-24-77(46,7)78(38,8)28-47(80)89)110-70-64(115-69-57(97)54(94)52(92)44(30-83)109-69)62(42(88)33-105-70)113-66-56(96)51(91)40(86)31-103-66/h19,33-34,37,39-48,50-72,82-83,85-89,91-100,102H,9-18,20-32,35-36H2,1-8H3,(H,81,90)/t37?,39?,40-,41+,42-,43?,44?,45+,46?,47?,48-,50+,51-,52-,53?,54-,55?,56?,57?,58-,59+,60+,61?,62-,63+,64?,65?,66-,67+,68+,69-,70-,71+,72+,75?,76+,77?,78?,79-,80+/m0/s1. The van der Waals surface area contributed by atoms with Crippen molar-refractivity contribution in [2.24, 2.45) is 50.2 Å². The van der Waals surface area contributed by atoms with Crippen molar-refractivity contribution in [1.29, 1.82) is 0 Å². The van der Waals surface area contributed by atoms with E-state index >= 15 is 4.79 Å². The molecule has 5 aliphatic carbocycles. The van der Waals surface area contributed by atoms with Crippen molar-refractivity contribution in [1.82, 2.24) is 5.32 Å². The Bertz CT molecular complexity index is 3290. The Balaban J connectivity index is 0.790. The number of aldehydes is 1. The monoisotopic (exact) mass is 1660 g/mol. The van der Waals surface area contributed by atoms with Crippen LogP contribution in [0.1, 0.15) is 177 Å². The molecule has 0 spiro atoms. The van der Waals surface area contributed by atoms with Gasteiger partial charge in [0.15, 0.2) is 43.8 Å². The Labute approximate surface area is 675 Å². The van der Waals surface area contributed by atoms with Gasteiger partial charge >= 0.3 is 5.97 Å². The number of rotatable bonds is 29. The van der Waals surface area contributed by atoms with Gasteiger partial charge in [-0.15, -0.1) is 0 Å². The van der Waals surface area contributed by atoms with Crippen LogP contribution < -0.4 is 5.32 Å². The number of allylic oxidation sites excluding steroid dienone is 2.